The van der Waals surface area contributed by atoms with Gasteiger partial charge in [0.2, 0.25) is 5.91 Å². The van der Waals surface area contributed by atoms with Gasteiger partial charge in [-0.05, 0) is 52.5 Å². The molecule has 120 valence electrons. The molecule has 23 heavy (non-hydrogen) atoms. The zero-order valence-corrected chi connectivity index (χ0v) is 14.1. The van der Waals surface area contributed by atoms with E-state index in [9.17, 15) is 9.59 Å². The molecule has 0 atom stereocenters. The summed E-state index contributed by atoms with van der Waals surface area (Å²) in [6.45, 7) is 1.02. The van der Waals surface area contributed by atoms with Crippen LogP contribution in [0.3, 0.4) is 0 Å². The van der Waals surface area contributed by atoms with E-state index in [1.165, 1.54) is 5.56 Å². The van der Waals surface area contributed by atoms with Crippen molar-refractivity contribution in [1.82, 2.24) is 5.32 Å². The van der Waals surface area contributed by atoms with Crippen molar-refractivity contribution < 1.29 is 14.0 Å². The molecule has 2 heterocycles. The van der Waals surface area contributed by atoms with E-state index in [4.69, 9.17) is 4.42 Å². The van der Waals surface area contributed by atoms with Gasteiger partial charge in [-0.1, -0.05) is 18.2 Å². The van der Waals surface area contributed by atoms with Gasteiger partial charge in [-0.15, -0.1) is 0 Å². The number of nitrogens with one attached hydrogen (secondary N) is 1. The second-order valence-electron chi connectivity index (χ2n) is 5.39. The molecular formula is C17H17BrN2O3. The number of halogens is 1. The molecule has 2 aromatic rings. The number of anilines is 1. The Morgan fingerprint density at radius 3 is 2.83 bits per heavy atom. The summed E-state index contributed by atoms with van der Waals surface area (Å²) in [7, 11) is 0. The lowest BCUT2D eigenvalue weighted by Crippen LogP contribution is -2.37. The fraction of sp³-hybridized carbons (Fsp3) is 0.294. The quantitative estimate of drug-likeness (QED) is 0.891. The third-order valence-corrected chi connectivity index (χ3v) is 4.26. The summed E-state index contributed by atoms with van der Waals surface area (Å²) in [5, 5.41) is 2.71. The van der Waals surface area contributed by atoms with Gasteiger partial charge in [0.15, 0.2) is 10.4 Å². The highest BCUT2D eigenvalue weighted by atomic mass is 79.9. The topological polar surface area (TPSA) is 62.6 Å². The highest BCUT2D eigenvalue weighted by Gasteiger charge is 2.22. The highest BCUT2D eigenvalue weighted by molar-refractivity contribution is 9.10. The van der Waals surface area contributed by atoms with Crippen molar-refractivity contribution in [3.63, 3.8) is 0 Å². The third kappa shape index (κ3) is 3.64. The number of furan rings is 1. The van der Waals surface area contributed by atoms with Crippen LogP contribution in [0.15, 0.2) is 45.5 Å². The number of carbonyl (C=O) groups is 2. The van der Waals surface area contributed by atoms with Crippen LogP contribution < -0.4 is 10.2 Å². The molecule has 2 amide bonds. The van der Waals surface area contributed by atoms with E-state index >= 15 is 0 Å². The Labute approximate surface area is 142 Å². The number of hydrogen-bond acceptors (Lipinski definition) is 3. The molecule has 1 aliphatic rings. The minimum Gasteiger partial charge on any atom is -0.444 e. The molecule has 0 aliphatic carbocycles. The molecule has 6 heteroatoms. The lowest BCUT2D eigenvalue weighted by Gasteiger charge is -2.29. The standard InChI is InChI=1S/C17H17BrN2O3/c18-15-8-7-14(23-15)17(22)19-10-9-16(21)20-11-3-5-12-4-1-2-6-13(12)20/h1-2,4,6-8H,3,5,9-11H2,(H,19,22). The van der Waals surface area contributed by atoms with E-state index in [1.54, 1.807) is 12.1 Å². The summed E-state index contributed by atoms with van der Waals surface area (Å²) in [6, 6.07) is 11.2. The zero-order chi connectivity index (χ0) is 16.2. The molecule has 1 aromatic carbocycles. The fourth-order valence-electron chi connectivity index (χ4n) is 2.73. The molecule has 0 unspecified atom stereocenters. The van der Waals surface area contributed by atoms with Crippen LogP contribution >= 0.6 is 15.9 Å². The summed E-state index contributed by atoms with van der Waals surface area (Å²) in [5.74, 6) is -0.0618. The van der Waals surface area contributed by atoms with Crippen molar-refractivity contribution in [2.45, 2.75) is 19.3 Å². The Bertz CT molecular complexity index is 726. The normalized spacial score (nSPS) is 13.5. The van der Waals surface area contributed by atoms with Crippen molar-refractivity contribution >= 4 is 33.4 Å². The third-order valence-electron chi connectivity index (χ3n) is 3.83. The molecule has 1 N–H and O–H groups in total. The van der Waals surface area contributed by atoms with Crippen molar-refractivity contribution in [2.24, 2.45) is 0 Å². The van der Waals surface area contributed by atoms with Gasteiger partial charge in [0.1, 0.15) is 0 Å². The van der Waals surface area contributed by atoms with E-state index < -0.39 is 0 Å². The second kappa shape index (κ2) is 7.00. The van der Waals surface area contributed by atoms with Crippen molar-refractivity contribution in [3.05, 3.63) is 52.4 Å². The molecule has 0 radical (unpaired) electrons. The van der Waals surface area contributed by atoms with E-state index in [1.807, 2.05) is 23.1 Å². The first-order chi connectivity index (χ1) is 11.1. The fourth-order valence-corrected chi connectivity index (χ4v) is 3.04. The van der Waals surface area contributed by atoms with Crippen LogP contribution in [0.1, 0.15) is 29.0 Å². The average Bonchev–Trinajstić information content (AvgIpc) is 3.00. The molecular weight excluding hydrogens is 360 g/mol. The number of amides is 2. The number of fused-ring (bicyclic) bond motifs is 1. The number of hydrogen-bond donors (Lipinski definition) is 1. The molecule has 3 rings (SSSR count). The summed E-state index contributed by atoms with van der Waals surface area (Å²) in [5.41, 5.74) is 2.20. The van der Waals surface area contributed by atoms with Crippen molar-refractivity contribution in [3.8, 4) is 0 Å². The minimum atomic E-state index is -0.317. The van der Waals surface area contributed by atoms with Gasteiger partial charge in [-0.3, -0.25) is 9.59 Å². The second-order valence-corrected chi connectivity index (χ2v) is 6.17. The Hall–Kier alpha value is -2.08. The predicted molar refractivity (Wildman–Crippen MR) is 90.5 cm³/mol. The largest absolute Gasteiger partial charge is 0.444 e. The zero-order valence-electron chi connectivity index (χ0n) is 12.5. The van der Waals surface area contributed by atoms with Gasteiger partial charge in [0, 0.05) is 25.2 Å². The Balaban J connectivity index is 1.55. The van der Waals surface area contributed by atoms with Gasteiger partial charge in [0.05, 0.1) is 0 Å². The molecule has 0 saturated carbocycles. The lowest BCUT2D eigenvalue weighted by atomic mass is 10.0. The molecule has 0 bridgehead atoms. The van der Waals surface area contributed by atoms with Gasteiger partial charge in [0.25, 0.3) is 5.91 Å². The smallest absolute Gasteiger partial charge is 0.287 e. The maximum atomic E-state index is 12.4. The molecule has 0 saturated heterocycles. The van der Waals surface area contributed by atoms with Gasteiger partial charge in [-0.2, -0.15) is 0 Å². The monoisotopic (exact) mass is 376 g/mol. The SMILES string of the molecule is O=C(NCCC(=O)N1CCCc2ccccc21)c1ccc(Br)o1. The average molecular weight is 377 g/mol. The van der Waals surface area contributed by atoms with Crippen LogP contribution in [0.2, 0.25) is 0 Å². The van der Waals surface area contributed by atoms with E-state index in [2.05, 4.69) is 27.3 Å². The van der Waals surface area contributed by atoms with Gasteiger partial charge >= 0.3 is 0 Å². The molecule has 1 aromatic heterocycles. The van der Waals surface area contributed by atoms with Crippen LogP contribution in [-0.4, -0.2) is 24.9 Å². The first-order valence-electron chi connectivity index (χ1n) is 7.57. The number of nitrogens with zero attached hydrogens (tertiary/aromatic N) is 1. The van der Waals surface area contributed by atoms with Gasteiger partial charge in [-0.25, -0.2) is 0 Å². The summed E-state index contributed by atoms with van der Waals surface area (Å²) < 4.78 is 5.68. The number of rotatable bonds is 4. The van der Waals surface area contributed by atoms with E-state index in [-0.39, 0.29) is 30.5 Å². The summed E-state index contributed by atoms with van der Waals surface area (Å²) >= 11 is 3.15. The lowest BCUT2D eigenvalue weighted by molar-refractivity contribution is -0.118. The molecule has 5 nitrogen and oxygen atoms in total. The first kappa shape index (κ1) is 15.8. The number of benzene rings is 1. The molecule has 0 fully saturated rings. The highest BCUT2D eigenvalue weighted by Crippen LogP contribution is 2.27. The Kier molecular flexibility index (Phi) is 4.81. The maximum absolute atomic E-state index is 12.4. The van der Waals surface area contributed by atoms with Crippen LogP contribution in [0, 0.1) is 0 Å². The Morgan fingerprint density at radius 1 is 1.22 bits per heavy atom. The maximum Gasteiger partial charge on any atom is 0.287 e. The molecule has 0 spiro atoms. The summed E-state index contributed by atoms with van der Waals surface area (Å²) in [6.07, 6.45) is 2.24. The molecule has 1 aliphatic heterocycles. The number of carbonyl (C=O) groups excluding carboxylic acids is 2. The van der Waals surface area contributed by atoms with Crippen LogP contribution in [0.25, 0.3) is 0 Å². The van der Waals surface area contributed by atoms with Crippen molar-refractivity contribution in [2.75, 3.05) is 18.0 Å². The van der Waals surface area contributed by atoms with Gasteiger partial charge < -0.3 is 14.6 Å². The Morgan fingerprint density at radius 2 is 2.04 bits per heavy atom. The predicted octanol–water partition coefficient (Wildman–Crippen LogP) is 3.14. The number of para-hydroxylation sites is 1. The number of aryl methyl sites for hydroxylation is 1. The van der Waals surface area contributed by atoms with Crippen LogP contribution in [-0.2, 0) is 11.2 Å². The first-order valence-corrected chi connectivity index (χ1v) is 8.36. The van der Waals surface area contributed by atoms with Crippen LogP contribution in [0.4, 0.5) is 5.69 Å². The van der Waals surface area contributed by atoms with E-state index in [0.29, 0.717) is 4.67 Å². The summed E-state index contributed by atoms with van der Waals surface area (Å²) in [4.78, 5) is 26.1. The van der Waals surface area contributed by atoms with E-state index in [0.717, 1.165) is 25.1 Å². The van der Waals surface area contributed by atoms with Crippen molar-refractivity contribution in [1.29, 1.82) is 0 Å². The van der Waals surface area contributed by atoms with Crippen LogP contribution in [0.5, 0.6) is 0 Å². The minimum absolute atomic E-state index is 0.0260.